The molecule has 0 aromatic heterocycles. The monoisotopic (exact) mass is 657 g/mol. The van der Waals surface area contributed by atoms with E-state index in [9.17, 15) is 9.59 Å². The number of benzene rings is 5. The molecule has 0 saturated carbocycles. The van der Waals surface area contributed by atoms with Gasteiger partial charge in [0.15, 0.2) is 0 Å². The first-order chi connectivity index (χ1) is 23.1. The van der Waals surface area contributed by atoms with Gasteiger partial charge in [-0.2, -0.15) is 0 Å². The molecule has 242 valence electrons. The lowest BCUT2D eigenvalue weighted by atomic mass is 9.89. The molecule has 3 aliphatic rings. The largest absolute Gasteiger partial charge is 1.00 e. The first-order valence-electron chi connectivity index (χ1n) is 16.1. The van der Waals surface area contributed by atoms with Gasteiger partial charge in [0.2, 0.25) is 11.0 Å². The summed E-state index contributed by atoms with van der Waals surface area (Å²) in [6.07, 6.45) is 1.19. The SMILES string of the molecule is CCOC(=O)C1CCN(C(=O)c2ccccc2-c2c3ccc(=[NH+]c4ccccc4)cc-3oc3cc(Nc4ccccc4)ccc23)CC1.[Cl-]. The van der Waals surface area contributed by atoms with Crippen LogP contribution >= 0.6 is 0 Å². The zero-order valence-corrected chi connectivity index (χ0v) is 27.4. The molecule has 0 atom stereocenters. The van der Waals surface area contributed by atoms with Crippen molar-refractivity contribution in [2.24, 2.45) is 5.92 Å². The molecule has 2 aliphatic heterocycles. The third kappa shape index (κ3) is 6.82. The Kier molecular flexibility index (Phi) is 9.88. The second-order valence-electron chi connectivity index (χ2n) is 11.7. The van der Waals surface area contributed by atoms with Gasteiger partial charge in [0.1, 0.15) is 11.3 Å². The molecule has 48 heavy (non-hydrogen) atoms. The van der Waals surface area contributed by atoms with E-state index >= 15 is 0 Å². The summed E-state index contributed by atoms with van der Waals surface area (Å²) in [6.45, 7) is 3.19. The first-order valence-corrected chi connectivity index (χ1v) is 16.1. The van der Waals surface area contributed by atoms with Gasteiger partial charge in [0.25, 0.3) is 5.91 Å². The maximum Gasteiger partial charge on any atom is 0.309 e. The number of carbonyl (C=O) groups excluding carboxylic acids is 2. The van der Waals surface area contributed by atoms with Crippen LogP contribution in [-0.4, -0.2) is 36.5 Å². The molecule has 1 fully saturated rings. The molecule has 7 nitrogen and oxygen atoms in total. The number of piperidine rings is 1. The predicted molar refractivity (Wildman–Crippen MR) is 183 cm³/mol. The number of ether oxygens (including phenoxy) is 1. The van der Waals surface area contributed by atoms with E-state index in [-0.39, 0.29) is 30.2 Å². The van der Waals surface area contributed by atoms with Crippen LogP contribution in [0.4, 0.5) is 17.1 Å². The van der Waals surface area contributed by atoms with E-state index in [0.717, 1.165) is 44.5 Å². The molecule has 0 bridgehead atoms. The van der Waals surface area contributed by atoms with Crippen molar-refractivity contribution in [2.75, 3.05) is 25.0 Å². The summed E-state index contributed by atoms with van der Waals surface area (Å²) in [5.41, 5.74) is 6.84. The summed E-state index contributed by atoms with van der Waals surface area (Å²) in [5, 5.41) is 5.27. The topological polar surface area (TPSA) is 85.8 Å². The van der Waals surface area contributed by atoms with Crippen molar-refractivity contribution in [3.05, 3.63) is 132 Å². The Hall–Kier alpha value is -5.40. The van der Waals surface area contributed by atoms with E-state index < -0.39 is 0 Å². The standard InChI is InChI=1S/C40H35N3O4.ClH/c1-2-46-40(45)27-21-23-43(24-22-27)39(44)33-16-10-9-15-32(33)38-34-19-17-30(41-28-11-5-3-6-12-28)25-36(34)47-37-26-31(18-20-35(37)38)42-29-13-7-4-8-14-29;/h3-20,25-27,41H,2,21-24H2,1H3;1H. The number of esters is 1. The molecule has 1 saturated heterocycles. The summed E-state index contributed by atoms with van der Waals surface area (Å²) in [4.78, 5) is 31.8. The second kappa shape index (κ2) is 14.6. The number of hydrogen-bond donors (Lipinski definition) is 2. The number of rotatable bonds is 7. The van der Waals surface area contributed by atoms with E-state index in [2.05, 4.69) is 22.4 Å². The van der Waals surface area contributed by atoms with Gasteiger partial charge >= 0.3 is 5.97 Å². The molecule has 4 aromatic rings. The Balaban J connectivity index is 0.00000401. The highest BCUT2D eigenvalue weighted by Crippen LogP contribution is 2.42. The summed E-state index contributed by atoms with van der Waals surface area (Å²) >= 11 is 0. The number of likely N-dealkylation sites (tertiary alicyclic amines) is 1. The molecule has 4 aromatic carbocycles. The Bertz CT molecular complexity index is 2090. The maximum absolute atomic E-state index is 14.1. The van der Waals surface area contributed by atoms with Gasteiger partial charge in [-0.15, -0.1) is 0 Å². The van der Waals surface area contributed by atoms with Gasteiger partial charge in [-0.1, -0.05) is 54.6 Å². The fraction of sp³-hybridized carbons (Fsp3) is 0.175. The molecule has 0 radical (unpaired) electrons. The minimum Gasteiger partial charge on any atom is -1.00 e. The lowest BCUT2D eigenvalue weighted by molar-refractivity contribution is -0.402. The quantitative estimate of drug-likeness (QED) is 0.202. The number of hydrogen-bond acceptors (Lipinski definition) is 5. The molecule has 2 N–H and O–H groups in total. The fourth-order valence-electron chi connectivity index (χ4n) is 6.35. The van der Waals surface area contributed by atoms with Crippen molar-refractivity contribution in [1.29, 1.82) is 0 Å². The number of halogens is 1. The second-order valence-corrected chi connectivity index (χ2v) is 11.7. The maximum atomic E-state index is 14.1. The van der Waals surface area contributed by atoms with Crippen molar-refractivity contribution in [3.63, 3.8) is 0 Å². The Morgan fingerprint density at radius 3 is 2.27 bits per heavy atom. The summed E-state index contributed by atoms with van der Waals surface area (Å²) in [7, 11) is 0. The van der Waals surface area contributed by atoms with Crippen LogP contribution in [0.5, 0.6) is 0 Å². The van der Waals surface area contributed by atoms with Crippen LogP contribution in [0.15, 0.2) is 126 Å². The van der Waals surface area contributed by atoms with E-state index in [1.807, 2.05) is 121 Å². The van der Waals surface area contributed by atoms with Crippen LogP contribution in [0.3, 0.4) is 0 Å². The van der Waals surface area contributed by atoms with Crippen molar-refractivity contribution in [1.82, 2.24) is 4.90 Å². The van der Waals surface area contributed by atoms with E-state index in [1.54, 1.807) is 0 Å². The van der Waals surface area contributed by atoms with Gasteiger partial charge in [-0.25, -0.2) is 4.99 Å². The molecular formula is C40H36ClN3O4. The van der Waals surface area contributed by atoms with Crippen molar-refractivity contribution in [3.8, 4) is 22.5 Å². The normalized spacial score (nSPS) is 13.7. The Morgan fingerprint density at radius 2 is 1.52 bits per heavy atom. The Morgan fingerprint density at radius 1 is 0.812 bits per heavy atom. The smallest absolute Gasteiger partial charge is 0.309 e. The number of nitrogens with one attached hydrogen (secondary N) is 2. The zero-order valence-electron chi connectivity index (χ0n) is 26.6. The van der Waals surface area contributed by atoms with Crippen LogP contribution < -0.4 is 28.1 Å². The highest BCUT2D eigenvalue weighted by Gasteiger charge is 2.30. The number of para-hydroxylation sites is 2. The summed E-state index contributed by atoms with van der Waals surface area (Å²) in [6, 6.07) is 40.0. The van der Waals surface area contributed by atoms with Gasteiger partial charge < -0.3 is 31.8 Å². The Labute approximate surface area is 285 Å². The molecule has 0 unspecified atom stereocenters. The number of fused-ring (bicyclic) bond motifs is 2. The molecular weight excluding hydrogens is 622 g/mol. The lowest BCUT2D eigenvalue weighted by Gasteiger charge is -2.31. The average Bonchev–Trinajstić information content (AvgIpc) is 3.11. The van der Waals surface area contributed by atoms with Crippen molar-refractivity contribution >= 4 is 39.9 Å². The number of amides is 1. The average molecular weight is 658 g/mol. The van der Waals surface area contributed by atoms with Crippen LogP contribution in [0, 0.1) is 5.92 Å². The van der Waals surface area contributed by atoms with Crippen LogP contribution in [0.1, 0.15) is 30.1 Å². The molecule has 8 heteroatoms. The zero-order chi connectivity index (χ0) is 32.2. The molecule has 0 spiro atoms. The third-order valence-electron chi connectivity index (χ3n) is 8.68. The fourth-order valence-corrected chi connectivity index (χ4v) is 6.35. The molecule has 1 aliphatic carbocycles. The van der Waals surface area contributed by atoms with E-state index in [4.69, 9.17) is 9.15 Å². The van der Waals surface area contributed by atoms with Gasteiger partial charge in [0.05, 0.1) is 18.6 Å². The van der Waals surface area contributed by atoms with Crippen molar-refractivity contribution in [2.45, 2.75) is 19.8 Å². The van der Waals surface area contributed by atoms with Crippen LogP contribution in [-0.2, 0) is 9.53 Å². The minimum atomic E-state index is -0.173. The summed E-state index contributed by atoms with van der Waals surface area (Å²) < 4.78 is 11.9. The van der Waals surface area contributed by atoms with E-state index in [0.29, 0.717) is 49.4 Å². The molecule has 7 rings (SSSR count). The first kappa shape index (κ1) is 32.5. The van der Waals surface area contributed by atoms with E-state index in [1.165, 1.54) is 0 Å². The van der Waals surface area contributed by atoms with Gasteiger partial charge in [0, 0.05) is 70.8 Å². The highest BCUT2D eigenvalue weighted by molar-refractivity contribution is 6.09. The van der Waals surface area contributed by atoms with Crippen LogP contribution in [0.2, 0.25) is 0 Å². The predicted octanol–water partition coefficient (Wildman–Crippen LogP) is 3.68. The highest BCUT2D eigenvalue weighted by atomic mass is 35.5. The summed E-state index contributed by atoms with van der Waals surface area (Å²) in [5.74, 6) is 0.306. The van der Waals surface area contributed by atoms with Gasteiger partial charge in [-0.05, 0) is 61.7 Å². The number of carbonyl (C=O) groups is 2. The minimum absolute atomic E-state index is 0. The number of nitrogens with zero attached hydrogens (tertiary/aromatic N) is 1. The molecule has 2 heterocycles. The van der Waals surface area contributed by atoms with Gasteiger partial charge in [-0.3, -0.25) is 9.59 Å². The molecule has 1 amide bonds. The van der Waals surface area contributed by atoms with Crippen LogP contribution in [0.25, 0.3) is 33.4 Å². The third-order valence-corrected chi connectivity index (χ3v) is 8.68. The lowest BCUT2D eigenvalue weighted by Crippen LogP contribution is -3.00. The number of anilines is 2. The van der Waals surface area contributed by atoms with Crippen molar-refractivity contribution < 1.29 is 36.1 Å².